The second kappa shape index (κ2) is 9.95. The molecule has 0 aliphatic carbocycles. The van der Waals surface area contributed by atoms with Crippen molar-refractivity contribution in [3.8, 4) is 5.75 Å². The van der Waals surface area contributed by atoms with Crippen molar-refractivity contribution in [1.82, 2.24) is 0 Å². The average Bonchev–Trinajstić information content (AvgIpc) is 2.98. The Hall–Kier alpha value is -4.17. The molecule has 0 bridgehead atoms. The van der Waals surface area contributed by atoms with Gasteiger partial charge in [-0.05, 0) is 24.3 Å². The Morgan fingerprint density at radius 3 is 1.50 bits per heavy atom. The largest absolute Gasteiger partial charge is 0.474 e. The van der Waals surface area contributed by atoms with E-state index in [0.717, 1.165) is 15.9 Å². The van der Waals surface area contributed by atoms with Gasteiger partial charge in [-0.25, -0.2) is 9.24 Å². The summed E-state index contributed by atoms with van der Waals surface area (Å²) in [6.45, 7) is 0. The number of fused-ring (bicyclic) bond motifs is 1. The number of hydrogen-bond acceptors (Lipinski definition) is 3. The van der Waals surface area contributed by atoms with E-state index in [0.29, 0.717) is 11.3 Å². The van der Waals surface area contributed by atoms with Crippen LogP contribution in [0.3, 0.4) is 0 Å². The lowest BCUT2D eigenvalue weighted by molar-refractivity contribution is 0.0995. The molecular formula is C31H24N2O3P2. The number of amides is 1. The zero-order valence-electron chi connectivity index (χ0n) is 20.4. The van der Waals surface area contributed by atoms with Crippen LogP contribution in [0.4, 0.5) is 5.69 Å². The Balaban J connectivity index is 1.74. The van der Waals surface area contributed by atoms with Crippen LogP contribution in [0.1, 0.15) is 10.4 Å². The number of nitrogens with zero attached hydrogens (tertiary/aromatic N) is 2. The smallest absolute Gasteiger partial charge is 0.412 e. The van der Waals surface area contributed by atoms with Crippen molar-refractivity contribution in [3.63, 3.8) is 0 Å². The number of carbonyl (C=O) groups excluding carboxylic acids is 1. The van der Waals surface area contributed by atoms with E-state index in [4.69, 9.17) is 9.04 Å². The fourth-order valence-electron chi connectivity index (χ4n) is 4.71. The molecule has 1 amide bonds. The number of benzene rings is 5. The number of carbonyl (C=O) groups is 1. The number of rotatable bonds is 5. The summed E-state index contributed by atoms with van der Waals surface area (Å²) >= 11 is 0. The zero-order chi connectivity index (χ0) is 26.0. The maximum atomic E-state index is 15.2. The number of hydrogen-bond donors (Lipinski definition) is 0. The Kier molecular flexibility index (Phi) is 6.33. The standard InChI is InChI=1S/C31H24N2O3P2/c34-31-29-23-13-14-24-30(29)36-38(35,33(31)25-15-5-1-6-16-25)32-37(26-17-7-2-8-18-26,27-19-9-3-10-20-27)28-21-11-4-12-22-28/h1-24H. The van der Waals surface area contributed by atoms with Crippen molar-refractivity contribution in [1.29, 1.82) is 0 Å². The normalized spacial score (nSPS) is 16.8. The number of para-hydroxylation sites is 2. The Labute approximate surface area is 222 Å². The van der Waals surface area contributed by atoms with Crippen molar-refractivity contribution in [2.45, 2.75) is 0 Å². The minimum absolute atomic E-state index is 0.268. The lowest BCUT2D eigenvalue weighted by Crippen LogP contribution is -2.34. The van der Waals surface area contributed by atoms with Gasteiger partial charge in [0.1, 0.15) is 5.75 Å². The molecule has 0 aromatic heterocycles. The molecule has 0 spiro atoms. The molecule has 1 heterocycles. The van der Waals surface area contributed by atoms with Gasteiger partial charge in [-0.1, -0.05) is 121 Å². The lowest BCUT2D eigenvalue weighted by atomic mass is 10.2. The van der Waals surface area contributed by atoms with Crippen LogP contribution < -0.4 is 25.1 Å². The van der Waals surface area contributed by atoms with E-state index in [1.165, 1.54) is 4.67 Å². The van der Waals surface area contributed by atoms with E-state index in [9.17, 15) is 4.79 Å². The lowest BCUT2D eigenvalue weighted by Gasteiger charge is -2.36. The molecule has 0 saturated carbocycles. The number of anilines is 1. The van der Waals surface area contributed by atoms with E-state index in [2.05, 4.69) is 0 Å². The maximum absolute atomic E-state index is 15.2. The highest BCUT2D eigenvalue weighted by atomic mass is 31.2. The Morgan fingerprint density at radius 2 is 1.00 bits per heavy atom. The summed E-state index contributed by atoms with van der Waals surface area (Å²) in [5, 5.41) is 2.74. The second-order valence-corrected chi connectivity index (χ2v) is 13.9. The monoisotopic (exact) mass is 534 g/mol. The minimum Gasteiger partial charge on any atom is -0.412 e. The highest BCUT2D eigenvalue weighted by Gasteiger charge is 2.47. The third kappa shape index (κ3) is 4.11. The summed E-state index contributed by atoms with van der Waals surface area (Å²) < 4.78 is 28.0. The first kappa shape index (κ1) is 24.2. The van der Waals surface area contributed by atoms with Gasteiger partial charge in [-0.15, -0.1) is 0 Å². The van der Waals surface area contributed by atoms with Crippen molar-refractivity contribution in [2.75, 3.05) is 4.67 Å². The molecule has 1 atom stereocenters. The quantitative estimate of drug-likeness (QED) is 0.228. The highest BCUT2D eigenvalue weighted by Crippen LogP contribution is 2.65. The molecule has 0 N–H and O–H groups in total. The predicted octanol–water partition coefficient (Wildman–Crippen LogP) is 7.01. The summed E-state index contributed by atoms with van der Waals surface area (Å²) in [5.74, 6) is -0.138. The maximum Gasteiger partial charge on any atom is 0.474 e. The first-order valence-corrected chi connectivity index (χ1v) is 15.5. The molecule has 5 nitrogen and oxygen atoms in total. The Bertz CT molecular complexity index is 1590. The van der Waals surface area contributed by atoms with Crippen molar-refractivity contribution >= 4 is 42.2 Å². The van der Waals surface area contributed by atoms with Gasteiger partial charge in [0.25, 0.3) is 5.91 Å². The van der Waals surface area contributed by atoms with E-state index >= 15 is 4.57 Å². The van der Waals surface area contributed by atoms with Crippen LogP contribution in [0.25, 0.3) is 0 Å². The molecule has 1 unspecified atom stereocenters. The van der Waals surface area contributed by atoms with Gasteiger partial charge >= 0.3 is 7.67 Å². The van der Waals surface area contributed by atoms with Crippen LogP contribution in [-0.2, 0) is 4.57 Å². The van der Waals surface area contributed by atoms with E-state index in [1.807, 2.05) is 97.1 Å². The van der Waals surface area contributed by atoms with E-state index in [-0.39, 0.29) is 5.75 Å². The molecule has 186 valence electrons. The van der Waals surface area contributed by atoms with Crippen molar-refractivity contribution < 1.29 is 13.9 Å². The first-order chi connectivity index (χ1) is 18.6. The summed E-state index contributed by atoms with van der Waals surface area (Å²) in [5.41, 5.74) is 0.812. The van der Waals surface area contributed by atoms with Gasteiger partial charge in [-0.2, -0.15) is 4.52 Å². The molecule has 0 fully saturated rings. The summed E-state index contributed by atoms with van der Waals surface area (Å²) in [7, 11) is -7.13. The summed E-state index contributed by atoms with van der Waals surface area (Å²) in [6, 6.07) is 45.5. The molecule has 1 aliphatic heterocycles. The van der Waals surface area contributed by atoms with Crippen LogP contribution >= 0.6 is 14.7 Å². The van der Waals surface area contributed by atoms with Crippen LogP contribution in [0.2, 0.25) is 0 Å². The van der Waals surface area contributed by atoms with E-state index in [1.54, 1.807) is 48.5 Å². The third-order valence-corrected chi connectivity index (χ3v) is 12.9. The van der Waals surface area contributed by atoms with Crippen LogP contribution in [0, 0.1) is 0 Å². The zero-order valence-corrected chi connectivity index (χ0v) is 22.2. The van der Waals surface area contributed by atoms with Gasteiger partial charge in [-0.3, -0.25) is 4.79 Å². The van der Waals surface area contributed by atoms with E-state index < -0.39 is 20.6 Å². The molecule has 1 aliphatic rings. The molecule has 5 aromatic rings. The summed E-state index contributed by atoms with van der Waals surface area (Å²) in [4.78, 5) is 14.0. The van der Waals surface area contributed by atoms with Crippen molar-refractivity contribution in [3.05, 3.63) is 151 Å². The molecule has 0 radical (unpaired) electrons. The fourth-order valence-corrected chi connectivity index (χ4v) is 11.7. The minimum atomic E-state index is -4.19. The van der Waals surface area contributed by atoms with Gasteiger partial charge in [0.2, 0.25) is 0 Å². The van der Waals surface area contributed by atoms with Gasteiger partial charge in [0.05, 0.1) is 18.3 Å². The predicted molar refractivity (Wildman–Crippen MR) is 156 cm³/mol. The second-order valence-electron chi connectivity index (χ2n) is 8.76. The molecule has 38 heavy (non-hydrogen) atoms. The van der Waals surface area contributed by atoms with Crippen LogP contribution in [0.5, 0.6) is 5.75 Å². The summed E-state index contributed by atoms with van der Waals surface area (Å²) in [6.07, 6.45) is 0. The third-order valence-electron chi connectivity index (χ3n) is 6.42. The molecule has 5 aromatic carbocycles. The molecule has 7 heteroatoms. The molecule has 6 rings (SSSR count). The Morgan fingerprint density at radius 1 is 0.579 bits per heavy atom. The molecular weight excluding hydrogens is 510 g/mol. The van der Waals surface area contributed by atoms with Gasteiger partial charge < -0.3 is 4.52 Å². The molecule has 0 saturated heterocycles. The van der Waals surface area contributed by atoms with Crippen LogP contribution in [-0.4, -0.2) is 5.91 Å². The van der Waals surface area contributed by atoms with Crippen LogP contribution in [0.15, 0.2) is 150 Å². The topological polar surface area (TPSA) is 59.0 Å². The van der Waals surface area contributed by atoms with Gasteiger partial charge in [0, 0.05) is 15.9 Å². The average molecular weight is 534 g/mol. The SMILES string of the molecule is O=C1c2ccccc2OP(=O)(N=P(c2ccccc2)(c2ccccc2)c2ccccc2)N1c1ccccc1. The fraction of sp³-hybridized carbons (Fsp3) is 0. The van der Waals surface area contributed by atoms with Gasteiger partial charge in [0.15, 0.2) is 0 Å². The first-order valence-electron chi connectivity index (χ1n) is 12.2. The van der Waals surface area contributed by atoms with Crippen molar-refractivity contribution in [2.24, 2.45) is 4.52 Å². The highest BCUT2D eigenvalue weighted by molar-refractivity contribution is 7.91.